The Morgan fingerprint density at radius 1 is 1.10 bits per heavy atom. The normalized spacial score (nSPS) is 15.2. The summed E-state index contributed by atoms with van der Waals surface area (Å²) in [7, 11) is 0. The van der Waals surface area contributed by atoms with Crippen LogP contribution in [0.15, 0.2) is 39.1 Å². The third kappa shape index (κ3) is 2.10. The third-order valence-corrected chi connectivity index (χ3v) is 4.36. The summed E-state index contributed by atoms with van der Waals surface area (Å²) in [6.07, 6.45) is 4.66. The van der Waals surface area contributed by atoms with Crippen LogP contribution in [0.2, 0.25) is 0 Å². The quantitative estimate of drug-likeness (QED) is 0.723. The number of fused-ring (bicyclic) bond motifs is 2. The Labute approximate surface area is 120 Å². The van der Waals surface area contributed by atoms with Gasteiger partial charge in [0.15, 0.2) is 5.58 Å². The van der Waals surface area contributed by atoms with Gasteiger partial charge in [0, 0.05) is 24.7 Å². The average molecular weight is 286 g/mol. The van der Waals surface area contributed by atoms with E-state index in [2.05, 4.69) is 19.7 Å². The summed E-state index contributed by atoms with van der Waals surface area (Å²) in [6, 6.07) is 7.79. The third-order valence-electron chi connectivity index (χ3n) is 3.53. The van der Waals surface area contributed by atoms with Crippen molar-refractivity contribution in [2.45, 2.75) is 42.6 Å². The largest absolute Gasteiger partial charge is 0.431 e. The van der Waals surface area contributed by atoms with Crippen LogP contribution in [0.25, 0.3) is 11.1 Å². The van der Waals surface area contributed by atoms with E-state index in [0.29, 0.717) is 5.22 Å². The van der Waals surface area contributed by atoms with Crippen LogP contribution in [0.3, 0.4) is 0 Å². The Kier molecular flexibility index (Phi) is 2.95. The maximum Gasteiger partial charge on any atom is 0.264 e. The molecule has 0 fully saturated rings. The molecule has 5 nitrogen and oxygen atoms in total. The molecule has 3 aromatic rings. The molecule has 0 saturated heterocycles. The maximum absolute atomic E-state index is 5.73. The molecule has 1 aromatic carbocycles. The highest BCUT2D eigenvalue weighted by Gasteiger charge is 2.17. The van der Waals surface area contributed by atoms with Crippen molar-refractivity contribution in [3.05, 3.63) is 30.1 Å². The molecule has 0 saturated carbocycles. The zero-order valence-corrected chi connectivity index (χ0v) is 11.8. The summed E-state index contributed by atoms with van der Waals surface area (Å²) < 4.78 is 7.94. The van der Waals surface area contributed by atoms with E-state index in [-0.39, 0.29) is 0 Å². The van der Waals surface area contributed by atoms with E-state index in [1.807, 2.05) is 24.3 Å². The molecule has 0 aliphatic carbocycles. The lowest BCUT2D eigenvalue weighted by atomic mass is 10.2. The Hall–Kier alpha value is -1.82. The van der Waals surface area contributed by atoms with Crippen molar-refractivity contribution in [3.63, 3.8) is 0 Å². The molecule has 0 bridgehead atoms. The number of benzene rings is 1. The lowest BCUT2D eigenvalue weighted by Gasteiger charge is -2.03. The SMILES string of the molecule is c1ccc2oc(Sc3nnc4n3CCCCC4)nc2c1. The summed E-state index contributed by atoms with van der Waals surface area (Å²) in [5.74, 6) is 1.08. The fraction of sp³-hybridized carbons (Fsp3) is 0.357. The number of aryl methyl sites for hydroxylation is 1. The van der Waals surface area contributed by atoms with Gasteiger partial charge in [-0.2, -0.15) is 0 Å². The molecular formula is C14H14N4OS. The van der Waals surface area contributed by atoms with Gasteiger partial charge in [-0.15, -0.1) is 10.2 Å². The van der Waals surface area contributed by atoms with E-state index >= 15 is 0 Å². The van der Waals surface area contributed by atoms with Crippen LogP contribution < -0.4 is 0 Å². The van der Waals surface area contributed by atoms with Crippen LogP contribution in [0.5, 0.6) is 0 Å². The Bertz CT molecular complexity index is 716. The Morgan fingerprint density at radius 2 is 2.05 bits per heavy atom. The van der Waals surface area contributed by atoms with Gasteiger partial charge >= 0.3 is 0 Å². The van der Waals surface area contributed by atoms with Gasteiger partial charge in [0.1, 0.15) is 11.3 Å². The number of rotatable bonds is 2. The maximum atomic E-state index is 5.73. The first-order valence-electron chi connectivity index (χ1n) is 6.86. The molecule has 0 amide bonds. The number of para-hydroxylation sites is 2. The van der Waals surface area contributed by atoms with Crippen LogP contribution >= 0.6 is 11.8 Å². The molecule has 0 radical (unpaired) electrons. The van der Waals surface area contributed by atoms with Crippen molar-refractivity contribution in [1.29, 1.82) is 0 Å². The molecule has 0 N–H and O–H groups in total. The van der Waals surface area contributed by atoms with Crippen LogP contribution in [0, 0.1) is 0 Å². The predicted octanol–water partition coefficient (Wildman–Crippen LogP) is 3.30. The number of oxazole rings is 1. The summed E-state index contributed by atoms with van der Waals surface area (Å²) in [5.41, 5.74) is 1.69. The summed E-state index contributed by atoms with van der Waals surface area (Å²) in [4.78, 5) is 4.48. The number of aromatic nitrogens is 4. The zero-order valence-electron chi connectivity index (χ0n) is 11.0. The van der Waals surface area contributed by atoms with E-state index in [4.69, 9.17) is 4.42 Å². The number of hydrogen-bond acceptors (Lipinski definition) is 5. The second-order valence-corrected chi connectivity index (χ2v) is 5.83. The first kappa shape index (κ1) is 12.0. The molecule has 6 heteroatoms. The zero-order chi connectivity index (χ0) is 13.4. The summed E-state index contributed by atoms with van der Waals surface area (Å²) in [5, 5.41) is 10.1. The smallest absolute Gasteiger partial charge is 0.264 e. The second kappa shape index (κ2) is 4.94. The van der Waals surface area contributed by atoms with Gasteiger partial charge in [0.2, 0.25) is 5.16 Å². The highest BCUT2D eigenvalue weighted by atomic mass is 32.2. The van der Waals surface area contributed by atoms with Crippen LogP contribution in [0.1, 0.15) is 25.1 Å². The molecular weight excluding hydrogens is 272 g/mol. The van der Waals surface area contributed by atoms with E-state index in [1.54, 1.807) is 0 Å². The number of hydrogen-bond donors (Lipinski definition) is 0. The first-order chi connectivity index (χ1) is 9.90. The van der Waals surface area contributed by atoms with Crippen LogP contribution in [-0.4, -0.2) is 19.7 Å². The highest BCUT2D eigenvalue weighted by Crippen LogP contribution is 2.30. The highest BCUT2D eigenvalue weighted by molar-refractivity contribution is 7.99. The van der Waals surface area contributed by atoms with Gasteiger partial charge in [-0.1, -0.05) is 18.6 Å². The lowest BCUT2D eigenvalue weighted by Crippen LogP contribution is -2.02. The average Bonchev–Trinajstić information content (AvgIpc) is 2.95. The fourth-order valence-corrected chi connectivity index (χ4v) is 3.33. The molecule has 3 heterocycles. The van der Waals surface area contributed by atoms with Crippen LogP contribution in [0.4, 0.5) is 0 Å². The van der Waals surface area contributed by atoms with Gasteiger partial charge in [0.05, 0.1) is 0 Å². The Balaban J connectivity index is 1.67. The van der Waals surface area contributed by atoms with Crippen molar-refractivity contribution >= 4 is 22.9 Å². The van der Waals surface area contributed by atoms with Gasteiger partial charge in [-0.3, -0.25) is 0 Å². The number of nitrogens with zero attached hydrogens (tertiary/aromatic N) is 4. The fourth-order valence-electron chi connectivity index (χ4n) is 2.51. The Morgan fingerprint density at radius 3 is 3.00 bits per heavy atom. The molecule has 0 atom stereocenters. The topological polar surface area (TPSA) is 56.7 Å². The minimum Gasteiger partial charge on any atom is -0.431 e. The molecule has 0 unspecified atom stereocenters. The van der Waals surface area contributed by atoms with Gasteiger partial charge < -0.3 is 8.98 Å². The molecule has 1 aliphatic heterocycles. The summed E-state index contributed by atoms with van der Waals surface area (Å²) >= 11 is 1.46. The summed E-state index contributed by atoms with van der Waals surface area (Å²) in [6.45, 7) is 0.991. The first-order valence-corrected chi connectivity index (χ1v) is 7.67. The van der Waals surface area contributed by atoms with Gasteiger partial charge in [0.25, 0.3) is 5.22 Å². The van der Waals surface area contributed by atoms with Crippen molar-refractivity contribution < 1.29 is 4.42 Å². The van der Waals surface area contributed by atoms with Crippen molar-refractivity contribution in [3.8, 4) is 0 Å². The lowest BCUT2D eigenvalue weighted by molar-refractivity contribution is 0.486. The standard InChI is InChI=1S/C14H14N4OS/c1-2-8-12-16-17-13(18(12)9-5-1)20-14-15-10-6-3-4-7-11(10)19-14/h3-4,6-7H,1-2,5,8-9H2. The van der Waals surface area contributed by atoms with Crippen molar-refractivity contribution in [1.82, 2.24) is 19.7 Å². The van der Waals surface area contributed by atoms with E-state index in [9.17, 15) is 0 Å². The monoisotopic (exact) mass is 286 g/mol. The second-order valence-electron chi connectivity index (χ2n) is 4.91. The minimum atomic E-state index is 0.630. The van der Waals surface area contributed by atoms with E-state index in [1.165, 1.54) is 31.0 Å². The molecule has 0 spiro atoms. The van der Waals surface area contributed by atoms with Gasteiger partial charge in [-0.25, -0.2) is 4.98 Å². The molecule has 4 rings (SSSR count). The predicted molar refractivity (Wildman–Crippen MR) is 75.7 cm³/mol. The van der Waals surface area contributed by atoms with Crippen molar-refractivity contribution in [2.75, 3.05) is 0 Å². The van der Waals surface area contributed by atoms with E-state index in [0.717, 1.165) is 35.0 Å². The van der Waals surface area contributed by atoms with E-state index < -0.39 is 0 Å². The minimum absolute atomic E-state index is 0.630. The molecule has 20 heavy (non-hydrogen) atoms. The molecule has 102 valence electrons. The molecule has 2 aromatic heterocycles. The van der Waals surface area contributed by atoms with Crippen molar-refractivity contribution in [2.24, 2.45) is 0 Å². The van der Waals surface area contributed by atoms with Gasteiger partial charge in [-0.05, 0) is 25.0 Å². The molecule has 1 aliphatic rings. The van der Waals surface area contributed by atoms with Crippen LogP contribution in [-0.2, 0) is 13.0 Å².